The summed E-state index contributed by atoms with van der Waals surface area (Å²) in [5.41, 5.74) is 4.50. The van der Waals surface area contributed by atoms with Gasteiger partial charge in [0.2, 0.25) is 0 Å². The molecule has 0 nitrogen and oxygen atoms in total. The first-order valence-corrected chi connectivity index (χ1v) is 8.76. The van der Waals surface area contributed by atoms with Crippen molar-refractivity contribution in [1.29, 1.82) is 0 Å². The van der Waals surface area contributed by atoms with Crippen molar-refractivity contribution in [2.75, 3.05) is 0 Å². The van der Waals surface area contributed by atoms with Crippen LogP contribution >= 0.6 is 0 Å². The van der Waals surface area contributed by atoms with E-state index in [-0.39, 0.29) is 29.6 Å². The fraction of sp³-hybridized carbons (Fsp3) is 0.700. The summed E-state index contributed by atoms with van der Waals surface area (Å²) in [6.45, 7) is 9.08. The van der Waals surface area contributed by atoms with E-state index in [2.05, 4.69) is 45.9 Å². The van der Waals surface area contributed by atoms with Crippen molar-refractivity contribution < 1.29 is 0 Å². The van der Waals surface area contributed by atoms with E-state index in [9.17, 15) is 0 Å². The number of unbranched alkanes of at least 4 members (excludes halogenated alkanes) is 5. The Morgan fingerprint density at radius 2 is 1.43 bits per heavy atom. The van der Waals surface area contributed by atoms with E-state index in [0.29, 0.717) is 0 Å². The van der Waals surface area contributed by atoms with Crippen LogP contribution in [0, 0.1) is 13.8 Å². The van der Waals surface area contributed by atoms with Crippen LogP contribution in [0.2, 0.25) is 0 Å². The maximum atomic E-state index is 2.39. The van der Waals surface area contributed by atoms with Gasteiger partial charge in [-0.15, -0.1) is 0 Å². The summed E-state index contributed by atoms with van der Waals surface area (Å²) in [7, 11) is 0. The molecule has 0 N–H and O–H groups in total. The maximum Gasteiger partial charge on any atom is 0 e. The predicted molar refractivity (Wildman–Crippen MR) is 97.3 cm³/mol. The molecule has 1 atom stereocenters. The van der Waals surface area contributed by atoms with Gasteiger partial charge in [-0.2, -0.15) is 0 Å². The molecule has 0 heterocycles. The van der Waals surface area contributed by atoms with Crippen molar-refractivity contribution in [2.45, 2.75) is 91.4 Å². The minimum absolute atomic E-state index is 0. The summed E-state index contributed by atoms with van der Waals surface area (Å²) >= 11 is 0. The van der Waals surface area contributed by atoms with Gasteiger partial charge in [-0.3, -0.25) is 0 Å². The van der Waals surface area contributed by atoms with Crippen molar-refractivity contribution in [1.82, 2.24) is 0 Å². The number of hydrogen-bond donors (Lipinski definition) is 0. The second-order valence-electron chi connectivity index (χ2n) is 6.40. The summed E-state index contributed by atoms with van der Waals surface area (Å²) in [5, 5.41) is 0. The average molecular weight is 297 g/mol. The first-order valence-electron chi connectivity index (χ1n) is 8.76. The van der Waals surface area contributed by atoms with Crippen LogP contribution < -0.4 is 0 Å². The zero-order valence-electron chi connectivity index (χ0n) is 15.2. The molecule has 1 aromatic rings. The fourth-order valence-corrected chi connectivity index (χ4v) is 3.18. The van der Waals surface area contributed by atoms with Gasteiger partial charge in [0.05, 0.1) is 0 Å². The minimum Gasteiger partial charge on any atom is -0.0654 e. The molecule has 0 amide bonds. The van der Waals surface area contributed by atoms with Gasteiger partial charge >= 0.3 is 0 Å². The zero-order valence-corrected chi connectivity index (χ0v) is 17.2. The van der Waals surface area contributed by atoms with Gasteiger partial charge in [0, 0.05) is 29.6 Å². The molecule has 0 aromatic heterocycles. The largest absolute Gasteiger partial charge is 0.0654 e. The van der Waals surface area contributed by atoms with Gasteiger partial charge in [0.15, 0.2) is 0 Å². The van der Waals surface area contributed by atoms with Crippen LogP contribution in [-0.4, -0.2) is 29.6 Å². The summed E-state index contributed by atoms with van der Waals surface area (Å²) in [5.74, 6) is 0.789. The van der Waals surface area contributed by atoms with E-state index >= 15 is 0 Å². The van der Waals surface area contributed by atoms with Crippen molar-refractivity contribution in [3.05, 3.63) is 34.9 Å². The number of rotatable bonds is 10. The van der Waals surface area contributed by atoms with Crippen LogP contribution in [0.5, 0.6) is 0 Å². The van der Waals surface area contributed by atoms with Crippen LogP contribution in [0.4, 0.5) is 0 Å². The second kappa shape index (κ2) is 12.7. The molecule has 0 bridgehead atoms. The van der Waals surface area contributed by atoms with Crippen molar-refractivity contribution >= 4 is 29.6 Å². The molecule has 0 fully saturated rings. The van der Waals surface area contributed by atoms with E-state index in [0.717, 1.165) is 5.92 Å². The molecule has 0 aliphatic carbocycles. The van der Waals surface area contributed by atoms with Crippen LogP contribution in [0.3, 0.4) is 0 Å². The standard InChI is InChI=1S/C20H34.Na/c1-5-7-9-10-11-13-19(12-8-6-2)20-15-14-17(3)16-18(20)4;/h14-16,19H,5-13H2,1-4H3;. The summed E-state index contributed by atoms with van der Waals surface area (Å²) in [6.07, 6.45) is 12.4. The van der Waals surface area contributed by atoms with Gasteiger partial charge in [0.25, 0.3) is 0 Å². The Kier molecular flexibility index (Phi) is 12.9. The van der Waals surface area contributed by atoms with Gasteiger partial charge in [0.1, 0.15) is 0 Å². The Bertz CT molecular complexity index is 370. The second-order valence-corrected chi connectivity index (χ2v) is 6.40. The molecule has 1 radical (unpaired) electrons. The normalized spacial score (nSPS) is 12.0. The van der Waals surface area contributed by atoms with Gasteiger partial charge < -0.3 is 0 Å². The summed E-state index contributed by atoms with van der Waals surface area (Å²) < 4.78 is 0. The van der Waals surface area contributed by atoms with E-state index in [1.54, 1.807) is 5.56 Å². The summed E-state index contributed by atoms with van der Waals surface area (Å²) in [6, 6.07) is 7.03. The van der Waals surface area contributed by atoms with Crippen LogP contribution in [0.1, 0.15) is 94.2 Å². The third-order valence-electron chi connectivity index (χ3n) is 4.43. The quantitative estimate of drug-likeness (QED) is 0.339. The molecule has 0 aliphatic rings. The van der Waals surface area contributed by atoms with E-state index < -0.39 is 0 Å². The molecular formula is C20H34Na. The molecule has 115 valence electrons. The monoisotopic (exact) mass is 297 g/mol. The Morgan fingerprint density at radius 1 is 0.810 bits per heavy atom. The minimum atomic E-state index is 0. The first-order chi connectivity index (χ1) is 9.69. The zero-order chi connectivity index (χ0) is 14.8. The molecule has 0 saturated heterocycles. The van der Waals surface area contributed by atoms with Crippen LogP contribution in [0.15, 0.2) is 18.2 Å². The molecule has 1 aromatic carbocycles. The number of aryl methyl sites for hydroxylation is 2. The third-order valence-corrected chi connectivity index (χ3v) is 4.43. The molecular weight excluding hydrogens is 263 g/mol. The Morgan fingerprint density at radius 3 is 2.05 bits per heavy atom. The van der Waals surface area contributed by atoms with Crippen molar-refractivity contribution in [2.24, 2.45) is 0 Å². The van der Waals surface area contributed by atoms with Gasteiger partial charge in [-0.1, -0.05) is 82.6 Å². The van der Waals surface area contributed by atoms with Crippen molar-refractivity contribution in [3.63, 3.8) is 0 Å². The average Bonchev–Trinajstić information content (AvgIpc) is 2.43. The van der Waals surface area contributed by atoms with E-state index in [4.69, 9.17) is 0 Å². The smallest absolute Gasteiger partial charge is 0 e. The van der Waals surface area contributed by atoms with E-state index in [1.807, 2.05) is 0 Å². The SMILES string of the molecule is CCCCCCCC(CCCC)c1ccc(C)cc1C.[Na]. The molecule has 0 saturated carbocycles. The number of hydrogen-bond acceptors (Lipinski definition) is 0. The summed E-state index contributed by atoms with van der Waals surface area (Å²) in [4.78, 5) is 0. The molecule has 1 unspecified atom stereocenters. The molecule has 21 heavy (non-hydrogen) atoms. The van der Waals surface area contributed by atoms with E-state index in [1.165, 1.54) is 68.9 Å². The molecule has 1 heteroatoms. The molecule has 0 aliphatic heterocycles. The Hall–Kier alpha value is 0.220. The predicted octanol–water partition coefficient (Wildman–Crippen LogP) is 6.56. The van der Waals surface area contributed by atoms with Crippen LogP contribution in [-0.2, 0) is 0 Å². The van der Waals surface area contributed by atoms with Gasteiger partial charge in [-0.25, -0.2) is 0 Å². The maximum absolute atomic E-state index is 2.39. The van der Waals surface area contributed by atoms with Crippen LogP contribution in [0.25, 0.3) is 0 Å². The Labute approximate surface area is 155 Å². The third kappa shape index (κ3) is 8.43. The number of benzene rings is 1. The Balaban J connectivity index is 0.00000400. The topological polar surface area (TPSA) is 0 Å². The van der Waals surface area contributed by atoms with Gasteiger partial charge in [-0.05, 0) is 43.7 Å². The van der Waals surface area contributed by atoms with Crippen molar-refractivity contribution in [3.8, 4) is 0 Å². The first kappa shape index (κ1) is 21.2. The molecule has 1 rings (SSSR count). The fourth-order valence-electron chi connectivity index (χ4n) is 3.18. The molecule has 0 spiro atoms.